The predicted molar refractivity (Wildman–Crippen MR) is 88.6 cm³/mol. The molecule has 0 unspecified atom stereocenters. The van der Waals surface area contributed by atoms with Crippen LogP contribution in [0.1, 0.15) is 25.3 Å². The van der Waals surface area contributed by atoms with Crippen LogP contribution in [0.5, 0.6) is 0 Å². The van der Waals surface area contributed by atoms with Gasteiger partial charge in [-0.15, -0.1) is 0 Å². The van der Waals surface area contributed by atoms with Crippen molar-refractivity contribution in [3.8, 4) is 0 Å². The van der Waals surface area contributed by atoms with Crippen LogP contribution in [0.2, 0.25) is 5.02 Å². The van der Waals surface area contributed by atoms with Gasteiger partial charge in [-0.3, -0.25) is 20.2 Å². The first kappa shape index (κ1) is 16.7. The van der Waals surface area contributed by atoms with Gasteiger partial charge >= 0.3 is 0 Å². The van der Waals surface area contributed by atoms with Crippen molar-refractivity contribution in [1.29, 1.82) is 0 Å². The van der Waals surface area contributed by atoms with Gasteiger partial charge < -0.3 is 5.32 Å². The number of nitrogens with one attached hydrogen (secondary N) is 1. The molecule has 0 fully saturated rings. The van der Waals surface area contributed by atoms with Crippen LogP contribution in [0, 0.1) is 20.2 Å². The summed E-state index contributed by atoms with van der Waals surface area (Å²) in [5.41, 5.74) is 0.186. The Kier molecular flexibility index (Phi) is 4.80. The molecule has 0 aliphatic carbocycles. The zero-order chi connectivity index (χ0) is 17.1. The summed E-state index contributed by atoms with van der Waals surface area (Å²) in [5.74, 6) is -0.0722. The molecule has 0 atom stereocenters. The highest BCUT2D eigenvalue weighted by Gasteiger charge is 2.27. The quantitative estimate of drug-likeness (QED) is 0.610. The summed E-state index contributed by atoms with van der Waals surface area (Å²) in [5, 5.41) is 25.9. The molecule has 0 amide bonds. The van der Waals surface area contributed by atoms with Gasteiger partial charge in [0.05, 0.1) is 9.85 Å². The third-order valence-corrected chi connectivity index (χ3v) is 3.54. The fourth-order valence-corrected chi connectivity index (χ4v) is 2.19. The Morgan fingerprint density at radius 1 is 1.00 bits per heavy atom. The molecule has 0 aliphatic rings. The van der Waals surface area contributed by atoms with Gasteiger partial charge in [0.1, 0.15) is 0 Å². The van der Waals surface area contributed by atoms with E-state index in [9.17, 15) is 20.2 Å². The van der Waals surface area contributed by atoms with Crippen molar-refractivity contribution in [2.45, 2.75) is 19.8 Å². The van der Waals surface area contributed by atoms with Crippen molar-refractivity contribution in [1.82, 2.24) is 0 Å². The number of benzene rings is 2. The van der Waals surface area contributed by atoms with Gasteiger partial charge in [0.2, 0.25) is 0 Å². The zero-order valence-corrected chi connectivity index (χ0v) is 13.2. The normalized spacial score (nSPS) is 10.6. The molecule has 0 aromatic heterocycles. The molecule has 0 spiro atoms. The Bertz CT molecular complexity index is 725. The topological polar surface area (TPSA) is 98.3 Å². The number of nitro benzene ring substituents is 2. The van der Waals surface area contributed by atoms with E-state index in [1.165, 1.54) is 12.1 Å². The van der Waals surface area contributed by atoms with Gasteiger partial charge in [0.15, 0.2) is 5.69 Å². The van der Waals surface area contributed by atoms with Gasteiger partial charge in [0.25, 0.3) is 11.4 Å². The smallest absolute Gasteiger partial charge is 0.300 e. The number of halogens is 1. The van der Waals surface area contributed by atoms with Gasteiger partial charge in [0, 0.05) is 22.8 Å². The molecule has 23 heavy (non-hydrogen) atoms. The Morgan fingerprint density at radius 2 is 1.48 bits per heavy atom. The molecule has 8 heteroatoms. The van der Waals surface area contributed by atoms with E-state index < -0.39 is 9.85 Å². The lowest BCUT2D eigenvalue weighted by molar-refractivity contribution is -0.392. The zero-order valence-electron chi connectivity index (χ0n) is 12.4. The van der Waals surface area contributed by atoms with Crippen LogP contribution in [0.15, 0.2) is 36.4 Å². The minimum atomic E-state index is -0.628. The fourth-order valence-electron chi connectivity index (χ4n) is 2.06. The molecule has 1 N–H and O–H groups in total. The second kappa shape index (κ2) is 6.62. The third-order valence-electron chi connectivity index (χ3n) is 3.29. The maximum absolute atomic E-state index is 11.3. The van der Waals surface area contributed by atoms with Crippen molar-refractivity contribution >= 4 is 34.4 Å². The lowest BCUT2D eigenvalue weighted by Crippen LogP contribution is -2.04. The molecule has 2 aromatic rings. The maximum Gasteiger partial charge on any atom is 0.300 e. The SMILES string of the molecule is CC(C)c1cc([N+](=O)[O-])c(Nc2ccc(Cl)cc2)c([N+](=O)[O-])c1. The molecule has 120 valence electrons. The molecule has 0 radical (unpaired) electrons. The van der Waals surface area contributed by atoms with E-state index in [0.717, 1.165) is 0 Å². The monoisotopic (exact) mass is 335 g/mol. The number of rotatable bonds is 5. The van der Waals surface area contributed by atoms with E-state index in [2.05, 4.69) is 5.32 Å². The number of hydrogen-bond acceptors (Lipinski definition) is 5. The lowest BCUT2D eigenvalue weighted by Gasteiger charge is -2.11. The van der Waals surface area contributed by atoms with Gasteiger partial charge in [-0.25, -0.2) is 0 Å². The summed E-state index contributed by atoms with van der Waals surface area (Å²) in [6.45, 7) is 3.63. The number of nitro groups is 2. The Labute approximate surface area is 137 Å². The van der Waals surface area contributed by atoms with E-state index in [1.807, 2.05) is 13.8 Å². The summed E-state index contributed by atoms with van der Waals surface area (Å²) < 4.78 is 0. The van der Waals surface area contributed by atoms with Crippen molar-refractivity contribution in [2.75, 3.05) is 5.32 Å². The van der Waals surface area contributed by atoms with Crippen molar-refractivity contribution in [3.63, 3.8) is 0 Å². The van der Waals surface area contributed by atoms with Crippen LogP contribution in [0.25, 0.3) is 0 Å². The molecular weight excluding hydrogens is 322 g/mol. The lowest BCUT2D eigenvalue weighted by atomic mass is 10.0. The van der Waals surface area contributed by atoms with Gasteiger partial charge in [-0.1, -0.05) is 25.4 Å². The highest BCUT2D eigenvalue weighted by Crippen LogP contribution is 2.39. The van der Waals surface area contributed by atoms with Crippen molar-refractivity contribution < 1.29 is 9.85 Å². The molecule has 0 aliphatic heterocycles. The second-order valence-corrected chi connectivity index (χ2v) is 5.67. The average molecular weight is 336 g/mol. The summed E-state index contributed by atoms with van der Waals surface area (Å²) in [7, 11) is 0. The molecule has 0 saturated carbocycles. The van der Waals surface area contributed by atoms with Crippen molar-refractivity contribution in [3.05, 3.63) is 67.2 Å². The van der Waals surface area contributed by atoms with Crippen LogP contribution in [0.4, 0.5) is 22.7 Å². The first-order chi connectivity index (χ1) is 10.8. The number of nitrogens with zero attached hydrogens (tertiary/aromatic N) is 2. The van der Waals surface area contributed by atoms with Crippen LogP contribution < -0.4 is 5.32 Å². The molecule has 0 heterocycles. The Hall–Kier alpha value is -2.67. The molecule has 0 bridgehead atoms. The molecular formula is C15H14ClN3O4. The van der Waals surface area contributed by atoms with E-state index in [-0.39, 0.29) is 23.0 Å². The first-order valence-electron chi connectivity index (χ1n) is 6.79. The summed E-state index contributed by atoms with van der Waals surface area (Å²) in [6.07, 6.45) is 0. The summed E-state index contributed by atoms with van der Waals surface area (Å²) >= 11 is 5.79. The molecule has 2 rings (SSSR count). The van der Waals surface area contributed by atoms with Crippen LogP contribution >= 0.6 is 11.6 Å². The van der Waals surface area contributed by atoms with E-state index in [4.69, 9.17) is 11.6 Å². The maximum atomic E-state index is 11.3. The largest absolute Gasteiger partial charge is 0.344 e. The summed E-state index contributed by atoms with van der Waals surface area (Å²) in [4.78, 5) is 21.4. The minimum absolute atomic E-state index is 0.0722. The Morgan fingerprint density at radius 3 is 1.87 bits per heavy atom. The van der Waals surface area contributed by atoms with Crippen LogP contribution in [0.3, 0.4) is 0 Å². The van der Waals surface area contributed by atoms with Gasteiger partial charge in [-0.05, 0) is 35.7 Å². The predicted octanol–water partition coefficient (Wildman–Crippen LogP) is 5.02. The number of hydrogen-bond donors (Lipinski definition) is 1. The van der Waals surface area contributed by atoms with E-state index in [0.29, 0.717) is 16.3 Å². The van der Waals surface area contributed by atoms with E-state index in [1.54, 1.807) is 24.3 Å². The van der Waals surface area contributed by atoms with Gasteiger partial charge in [-0.2, -0.15) is 0 Å². The summed E-state index contributed by atoms with van der Waals surface area (Å²) in [6, 6.07) is 9.07. The van der Waals surface area contributed by atoms with Crippen LogP contribution in [-0.2, 0) is 0 Å². The second-order valence-electron chi connectivity index (χ2n) is 5.23. The standard InChI is InChI=1S/C15H14ClN3O4/c1-9(2)10-7-13(18(20)21)15(14(8-10)19(22)23)17-12-5-3-11(16)4-6-12/h3-9,17H,1-2H3. The highest BCUT2D eigenvalue weighted by molar-refractivity contribution is 6.30. The number of anilines is 2. The minimum Gasteiger partial charge on any atom is -0.344 e. The highest BCUT2D eigenvalue weighted by atomic mass is 35.5. The molecule has 0 saturated heterocycles. The van der Waals surface area contributed by atoms with Crippen LogP contribution in [-0.4, -0.2) is 9.85 Å². The third kappa shape index (κ3) is 3.75. The molecule has 7 nitrogen and oxygen atoms in total. The molecule has 2 aromatic carbocycles. The van der Waals surface area contributed by atoms with Crippen molar-refractivity contribution in [2.24, 2.45) is 0 Å². The fraction of sp³-hybridized carbons (Fsp3) is 0.200. The van der Waals surface area contributed by atoms with E-state index >= 15 is 0 Å². The first-order valence-corrected chi connectivity index (χ1v) is 7.16. The average Bonchev–Trinajstić information content (AvgIpc) is 2.48. The Balaban J connectivity index is 2.61.